The van der Waals surface area contributed by atoms with E-state index in [0.29, 0.717) is 13.1 Å². The van der Waals surface area contributed by atoms with Crippen LogP contribution in [-0.4, -0.2) is 35.2 Å². The first-order chi connectivity index (χ1) is 8.74. The molecule has 3 rings (SSSR count). The molecule has 0 unspecified atom stereocenters. The van der Waals surface area contributed by atoms with Gasteiger partial charge in [0.2, 0.25) is 0 Å². The maximum absolute atomic E-state index is 10.9. The highest BCUT2D eigenvalue weighted by Gasteiger charge is 2.25. The van der Waals surface area contributed by atoms with Crippen LogP contribution in [0.1, 0.15) is 6.42 Å². The number of benzene rings is 1. The molecule has 1 saturated heterocycles. The number of hydrogen-bond donors (Lipinski definition) is 2. The van der Waals surface area contributed by atoms with Gasteiger partial charge in [0.1, 0.15) is 0 Å². The normalized spacial score (nSPS) is 19.3. The van der Waals surface area contributed by atoms with Crippen LogP contribution in [-0.2, 0) is 0 Å². The zero-order valence-electron chi connectivity index (χ0n) is 9.80. The highest BCUT2D eigenvalue weighted by molar-refractivity contribution is 7.17. The van der Waals surface area contributed by atoms with Crippen molar-refractivity contribution in [1.29, 1.82) is 0 Å². The van der Waals surface area contributed by atoms with E-state index >= 15 is 0 Å². The number of nitrogens with one attached hydrogen (secondary N) is 1. The van der Waals surface area contributed by atoms with E-state index in [0.717, 1.165) is 12.1 Å². The lowest BCUT2D eigenvalue weighted by Crippen LogP contribution is -2.30. The Balaban J connectivity index is 1.77. The Bertz CT molecular complexity index is 581. The fraction of sp³-hybridized carbons (Fsp3) is 0.308. The quantitative estimate of drug-likeness (QED) is 0.874. The van der Waals surface area contributed by atoms with E-state index in [9.17, 15) is 4.79 Å². The van der Waals surface area contributed by atoms with Gasteiger partial charge in [0, 0.05) is 19.1 Å². The Labute approximate surface area is 109 Å². The van der Waals surface area contributed by atoms with Crippen molar-refractivity contribution < 1.29 is 9.90 Å². The van der Waals surface area contributed by atoms with Gasteiger partial charge in [-0.2, -0.15) is 0 Å². The highest BCUT2D eigenvalue weighted by Crippen LogP contribution is 2.29. The summed E-state index contributed by atoms with van der Waals surface area (Å²) in [5.74, 6) is 0. The summed E-state index contributed by atoms with van der Waals surface area (Å²) in [5, 5.41) is 15.7. The molecule has 18 heavy (non-hydrogen) atoms. The fourth-order valence-corrected chi connectivity index (χ4v) is 3.26. The molecular weight excluding hydrogens is 248 g/mol. The Hall–Kier alpha value is -1.75. The second-order valence-electron chi connectivity index (χ2n) is 4.50. The number of thiophene rings is 1. The third kappa shape index (κ3) is 2.01. The van der Waals surface area contributed by atoms with Gasteiger partial charge in [0.25, 0.3) is 0 Å². The van der Waals surface area contributed by atoms with Crippen molar-refractivity contribution in [2.75, 3.05) is 18.4 Å². The molecule has 4 nitrogen and oxygen atoms in total. The molecule has 2 N–H and O–H groups in total. The lowest BCUT2D eigenvalue weighted by molar-refractivity contribution is 0.155. The topological polar surface area (TPSA) is 52.6 Å². The molecular formula is C13H14N2O2S. The van der Waals surface area contributed by atoms with E-state index < -0.39 is 6.09 Å². The zero-order chi connectivity index (χ0) is 12.5. The number of anilines is 1. The van der Waals surface area contributed by atoms with E-state index in [1.165, 1.54) is 15.0 Å². The smallest absolute Gasteiger partial charge is 0.407 e. The maximum Gasteiger partial charge on any atom is 0.407 e. The molecule has 1 aliphatic rings. The summed E-state index contributed by atoms with van der Waals surface area (Å²) in [5.41, 5.74) is 1.11. The van der Waals surface area contributed by atoms with Crippen LogP contribution >= 0.6 is 11.3 Å². The van der Waals surface area contributed by atoms with Crippen LogP contribution in [0.25, 0.3) is 10.1 Å². The van der Waals surface area contributed by atoms with Gasteiger partial charge in [-0.15, -0.1) is 11.3 Å². The first-order valence-electron chi connectivity index (χ1n) is 5.94. The van der Waals surface area contributed by atoms with Crippen LogP contribution < -0.4 is 5.32 Å². The van der Waals surface area contributed by atoms with Crippen LogP contribution in [0, 0.1) is 0 Å². The predicted octanol–water partition coefficient (Wildman–Crippen LogP) is 3.07. The highest BCUT2D eigenvalue weighted by atomic mass is 32.1. The van der Waals surface area contributed by atoms with Crippen molar-refractivity contribution >= 4 is 33.2 Å². The van der Waals surface area contributed by atoms with Gasteiger partial charge in [-0.1, -0.05) is 12.1 Å². The maximum atomic E-state index is 10.9. The second-order valence-corrected chi connectivity index (χ2v) is 5.42. The average molecular weight is 262 g/mol. The molecule has 0 saturated carbocycles. The number of carbonyl (C=O) groups is 1. The molecule has 1 aromatic carbocycles. The molecule has 0 spiro atoms. The van der Waals surface area contributed by atoms with Crippen molar-refractivity contribution in [3.05, 3.63) is 29.6 Å². The van der Waals surface area contributed by atoms with Gasteiger partial charge in [0.15, 0.2) is 0 Å². The lowest BCUT2D eigenvalue weighted by Gasteiger charge is -2.15. The Morgan fingerprint density at radius 3 is 3.11 bits per heavy atom. The average Bonchev–Trinajstić information content (AvgIpc) is 2.97. The molecule has 0 aliphatic carbocycles. The third-order valence-electron chi connectivity index (χ3n) is 3.30. The summed E-state index contributed by atoms with van der Waals surface area (Å²) in [6.45, 7) is 1.19. The Morgan fingerprint density at radius 1 is 1.44 bits per heavy atom. The summed E-state index contributed by atoms with van der Waals surface area (Å²) in [6.07, 6.45) is 0.0438. The van der Waals surface area contributed by atoms with E-state index in [1.807, 2.05) is 6.07 Å². The monoisotopic (exact) mass is 262 g/mol. The van der Waals surface area contributed by atoms with Crippen LogP contribution in [0.3, 0.4) is 0 Å². The zero-order valence-corrected chi connectivity index (χ0v) is 10.6. The van der Waals surface area contributed by atoms with Crippen LogP contribution in [0.4, 0.5) is 10.5 Å². The van der Waals surface area contributed by atoms with Crippen LogP contribution in [0.5, 0.6) is 0 Å². The lowest BCUT2D eigenvalue weighted by atomic mass is 10.2. The molecule has 94 valence electrons. The molecule has 1 atom stereocenters. The van der Waals surface area contributed by atoms with Crippen LogP contribution in [0.15, 0.2) is 29.6 Å². The molecule has 2 heterocycles. The number of nitrogens with zero attached hydrogens (tertiary/aromatic N) is 1. The van der Waals surface area contributed by atoms with Gasteiger partial charge in [-0.25, -0.2) is 4.79 Å². The second kappa shape index (κ2) is 4.49. The molecule has 2 aromatic rings. The van der Waals surface area contributed by atoms with Gasteiger partial charge >= 0.3 is 6.09 Å². The van der Waals surface area contributed by atoms with Crippen molar-refractivity contribution in [2.24, 2.45) is 0 Å². The Kier molecular flexibility index (Phi) is 2.83. The minimum absolute atomic E-state index is 0.216. The number of likely N-dealkylation sites (tertiary alicyclic amines) is 1. The molecule has 1 fully saturated rings. The summed E-state index contributed by atoms with van der Waals surface area (Å²) >= 11 is 1.71. The number of amides is 1. The summed E-state index contributed by atoms with van der Waals surface area (Å²) in [6, 6.07) is 8.50. The largest absolute Gasteiger partial charge is 0.465 e. The van der Waals surface area contributed by atoms with Gasteiger partial charge in [0.05, 0.1) is 10.4 Å². The molecule has 5 heteroatoms. The SMILES string of the molecule is O=C(O)N1CC[C@@H](Nc2cccc3ccsc23)C1. The van der Waals surface area contributed by atoms with Gasteiger partial charge in [-0.05, 0) is 29.3 Å². The van der Waals surface area contributed by atoms with Crippen LogP contribution in [0.2, 0.25) is 0 Å². The number of hydrogen-bond acceptors (Lipinski definition) is 3. The van der Waals surface area contributed by atoms with Crippen molar-refractivity contribution in [3.8, 4) is 0 Å². The predicted molar refractivity (Wildman–Crippen MR) is 73.5 cm³/mol. The summed E-state index contributed by atoms with van der Waals surface area (Å²) in [4.78, 5) is 12.3. The van der Waals surface area contributed by atoms with E-state index in [-0.39, 0.29) is 6.04 Å². The first-order valence-corrected chi connectivity index (χ1v) is 6.82. The standard InChI is InChI=1S/C13H14N2O2S/c16-13(17)15-6-4-10(8-15)14-11-3-1-2-9-5-7-18-12(9)11/h1-3,5,7,10,14H,4,6,8H2,(H,16,17)/t10-/m1/s1. The minimum atomic E-state index is -0.825. The minimum Gasteiger partial charge on any atom is -0.465 e. The number of carboxylic acid groups (broad SMARTS) is 1. The van der Waals surface area contributed by atoms with Gasteiger partial charge in [-0.3, -0.25) is 0 Å². The fourth-order valence-electron chi connectivity index (χ4n) is 2.38. The van der Waals surface area contributed by atoms with E-state index in [2.05, 4.69) is 28.9 Å². The summed E-state index contributed by atoms with van der Waals surface area (Å²) in [7, 11) is 0. The number of rotatable bonds is 2. The molecule has 0 radical (unpaired) electrons. The molecule has 1 amide bonds. The van der Waals surface area contributed by atoms with E-state index in [4.69, 9.17) is 5.11 Å². The first kappa shape index (κ1) is 11.3. The summed E-state index contributed by atoms with van der Waals surface area (Å²) < 4.78 is 1.24. The van der Waals surface area contributed by atoms with Crippen molar-refractivity contribution in [3.63, 3.8) is 0 Å². The Morgan fingerprint density at radius 2 is 2.33 bits per heavy atom. The van der Waals surface area contributed by atoms with Gasteiger partial charge < -0.3 is 15.3 Å². The van der Waals surface area contributed by atoms with Crippen molar-refractivity contribution in [1.82, 2.24) is 4.90 Å². The third-order valence-corrected chi connectivity index (χ3v) is 4.26. The van der Waals surface area contributed by atoms with Crippen molar-refractivity contribution in [2.45, 2.75) is 12.5 Å². The molecule has 1 aliphatic heterocycles. The molecule has 1 aromatic heterocycles. The molecule has 0 bridgehead atoms. The number of fused-ring (bicyclic) bond motifs is 1. The van der Waals surface area contributed by atoms with E-state index in [1.54, 1.807) is 11.3 Å².